The summed E-state index contributed by atoms with van der Waals surface area (Å²) in [6.07, 6.45) is 0. The number of nitrogens with zero attached hydrogens (tertiary/aromatic N) is 3. The predicted molar refractivity (Wildman–Crippen MR) is 176 cm³/mol. The van der Waals surface area contributed by atoms with Gasteiger partial charge in [0.15, 0.2) is 17.5 Å². The Balaban J connectivity index is 1.23. The lowest BCUT2D eigenvalue weighted by atomic mass is 9.99. The molecule has 3 aromatic heterocycles. The topological polar surface area (TPSA) is 65.0 Å². The first-order chi connectivity index (χ1) is 21.8. The van der Waals surface area contributed by atoms with Crippen molar-refractivity contribution >= 4 is 43.9 Å². The van der Waals surface area contributed by atoms with Gasteiger partial charge in [-0.1, -0.05) is 109 Å². The maximum absolute atomic E-state index is 6.43. The minimum atomic E-state index is 0.582. The van der Waals surface area contributed by atoms with Gasteiger partial charge in [0.1, 0.15) is 22.3 Å². The van der Waals surface area contributed by atoms with Gasteiger partial charge in [-0.05, 0) is 41.5 Å². The Morgan fingerprint density at radius 1 is 0.318 bits per heavy atom. The van der Waals surface area contributed by atoms with E-state index in [0.717, 1.165) is 71.7 Å². The molecule has 9 rings (SSSR count). The number of fused-ring (bicyclic) bond motifs is 6. The quantitative estimate of drug-likeness (QED) is 0.212. The molecule has 6 aromatic carbocycles. The van der Waals surface area contributed by atoms with E-state index in [1.54, 1.807) is 0 Å². The smallest absolute Gasteiger partial charge is 0.164 e. The van der Waals surface area contributed by atoms with Crippen molar-refractivity contribution in [3.63, 3.8) is 0 Å². The Morgan fingerprint density at radius 2 is 0.841 bits per heavy atom. The monoisotopic (exact) mass is 565 g/mol. The maximum atomic E-state index is 6.43. The summed E-state index contributed by atoms with van der Waals surface area (Å²) in [5.74, 6) is 1.81. The van der Waals surface area contributed by atoms with E-state index >= 15 is 0 Å². The van der Waals surface area contributed by atoms with E-state index in [1.165, 1.54) is 0 Å². The number of hydrogen-bond donors (Lipinski definition) is 0. The van der Waals surface area contributed by atoms with Crippen molar-refractivity contribution in [1.29, 1.82) is 0 Å². The molecule has 0 aliphatic rings. The van der Waals surface area contributed by atoms with Gasteiger partial charge in [-0.25, -0.2) is 15.0 Å². The number of furan rings is 2. The van der Waals surface area contributed by atoms with Gasteiger partial charge < -0.3 is 8.83 Å². The van der Waals surface area contributed by atoms with Crippen LogP contribution in [-0.2, 0) is 0 Å². The predicted octanol–water partition coefficient (Wildman–Crippen LogP) is 10.3. The minimum absolute atomic E-state index is 0.582. The molecule has 44 heavy (non-hydrogen) atoms. The highest BCUT2D eigenvalue weighted by Crippen LogP contribution is 2.38. The first kappa shape index (κ1) is 24.5. The summed E-state index contributed by atoms with van der Waals surface area (Å²) in [6, 6.07) is 47.0. The van der Waals surface area contributed by atoms with Gasteiger partial charge in [-0.3, -0.25) is 0 Å². The normalized spacial score (nSPS) is 11.6. The molecule has 0 bridgehead atoms. The van der Waals surface area contributed by atoms with Crippen LogP contribution in [0.1, 0.15) is 0 Å². The highest BCUT2D eigenvalue weighted by Gasteiger charge is 2.18. The third kappa shape index (κ3) is 3.98. The van der Waals surface area contributed by atoms with Gasteiger partial charge in [-0.2, -0.15) is 0 Å². The van der Waals surface area contributed by atoms with E-state index in [9.17, 15) is 0 Å². The molecular weight excluding hydrogens is 542 g/mol. The van der Waals surface area contributed by atoms with Gasteiger partial charge in [0, 0.05) is 38.2 Å². The lowest BCUT2D eigenvalue weighted by molar-refractivity contribution is 0.664. The highest BCUT2D eigenvalue weighted by atomic mass is 16.3. The largest absolute Gasteiger partial charge is 0.456 e. The first-order valence-electron chi connectivity index (χ1n) is 14.5. The molecule has 9 aromatic rings. The zero-order valence-electron chi connectivity index (χ0n) is 23.4. The molecule has 0 radical (unpaired) electrons. The Labute approximate surface area is 252 Å². The van der Waals surface area contributed by atoms with Crippen LogP contribution >= 0.6 is 0 Å². The summed E-state index contributed by atoms with van der Waals surface area (Å²) in [6.45, 7) is 0. The molecule has 0 aliphatic carbocycles. The zero-order chi connectivity index (χ0) is 29.0. The Hall–Kier alpha value is -6.07. The molecule has 0 N–H and O–H groups in total. The number of para-hydroxylation sites is 1. The van der Waals surface area contributed by atoms with Crippen LogP contribution in [0.15, 0.2) is 148 Å². The van der Waals surface area contributed by atoms with Gasteiger partial charge >= 0.3 is 0 Å². The van der Waals surface area contributed by atoms with Crippen LogP contribution in [0.2, 0.25) is 0 Å². The van der Waals surface area contributed by atoms with Crippen LogP contribution < -0.4 is 0 Å². The van der Waals surface area contributed by atoms with E-state index in [4.69, 9.17) is 23.8 Å². The fraction of sp³-hybridized carbons (Fsp3) is 0. The summed E-state index contributed by atoms with van der Waals surface area (Å²) in [7, 11) is 0. The summed E-state index contributed by atoms with van der Waals surface area (Å²) < 4.78 is 12.6. The van der Waals surface area contributed by atoms with Crippen molar-refractivity contribution in [2.45, 2.75) is 0 Å². The molecule has 0 saturated heterocycles. The second kappa shape index (κ2) is 9.75. The van der Waals surface area contributed by atoms with Crippen LogP contribution in [0.5, 0.6) is 0 Å². The van der Waals surface area contributed by atoms with E-state index in [2.05, 4.69) is 54.6 Å². The number of hydrogen-bond acceptors (Lipinski definition) is 5. The van der Waals surface area contributed by atoms with E-state index < -0.39 is 0 Å². The summed E-state index contributed by atoms with van der Waals surface area (Å²) >= 11 is 0. The molecule has 0 aliphatic heterocycles. The van der Waals surface area contributed by atoms with Crippen LogP contribution in [0, 0.1) is 0 Å². The molecule has 0 fully saturated rings. The van der Waals surface area contributed by atoms with Gasteiger partial charge in [0.05, 0.1) is 0 Å². The Bertz CT molecular complexity index is 2500. The Kier molecular flexibility index (Phi) is 5.43. The fourth-order valence-electron chi connectivity index (χ4n) is 6.02. The van der Waals surface area contributed by atoms with Crippen LogP contribution in [0.25, 0.3) is 89.2 Å². The average molecular weight is 566 g/mol. The lowest BCUT2D eigenvalue weighted by Gasteiger charge is -2.12. The minimum Gasteiger partial charge on any atom is -0.456 e. The van der Waals surface area contributed by atoms with Gasteiger partial charge in [0.25, 0.3) is 0 Å². The molecule has 0 atom stereocenters. The molecule has 0 unspecified atom stereocenters. The van der Waals surface area contributed by atoms with Crippen LogP contribution in [0.3, 0.4) is 0 Å². The molecule has 0 saturated carbocycles. The standard InChI is InChI=1S/C39H23N3O2/c1-3-11-24(12-4-1)27-15-7-8-17-30(27)39-41-37(25-13-5-2-6-14-25)40-38(42-39)26-19-20-29-32-23-35-31(22-36(32)44-34(29)21-26)28-16-9-10-18-33(28)43-35/h1-23H. The first-order valence-corrected chi connectivity index (χ1v) is 14.5. The van der Waals surface area contributed by atoms with E-state index in [-0.39, 0.29) is 0 Å². The summed E-state index contributed by atoms with van der Waals surface area (Å²) in [4.78, 5) is 15.0. The van der Waals surface area contributed by atoms with Gasteiger partial charge in [-0.15, -0.1) is 0 Å². The van der Waals surface area contributed by atoms with Crippen molar-refractivity contribution in [3.05, 3.63) is 140 Å². The van der Waals surface area contributed by atoms with Crippen molar-refractivity contribution in [3.8, 4) is 45.3 Å². The second-order valence-electron chi connectivity index (χ2n) is 10.8. The summed E-state index contributed by atoms with van der Waals surface area (Å²) in [5, 5.41) is 4.14. The number of rotatable bonds is 4. The second-order valence-corrected chi connectivity index (χ2v) is 10.8. The molecule has 0 amide bonds. The number of benzene rings is 6. The maximum Gasteiger partial charge on any atom is 0.164 e. The van der Waals surface area contributed by atoms with E-state index in [0.29, 0.717) is 17.5 Å². The molecule has 5 nitrogen and oxygen atoms in total. The third-order valence-electron chi connectivity index (χ3n) is 8.15. The van der Waals surface area contributed by atoms with Gasteiger partial charge in [0.2, 0.25) is 0 Å². The van der Waals surface area contributed by atoms with Crippen molar-refractivity contribution in [1.82, 2.24) is 15.0 Å². The van der Waals surface area contributed by atoms with Crippen molar-refractivity contribution in [2.24, 2.45) is 0 Å². The Morgan fingerprint density at radius 3 is 1.59 bits per heavy atom. The third-order valence-corrected chi connectivity index (χ3v) is 8.15. The van der Waals surface area contributed by atoms with E-state index in [1.807, 2.05) is 84.9 Å². The number of aromatic nitrogens is 3. The van der Waals surface area contributed by atoms with Crippen molar-refractivity contribution < 1.29 is 8.83 Å². The van der Waals surface area contributed by atoms with Crippen molar-refractivity contribution in [2.75, 3.05) is 0 Å². The molecule has 3 heterocycles. The summed E-state index contributed by atoms with van der Waals surface area (Å²) in [5.41, 5.74) is 8.18. The SMILES string of the molecule is c1ccc(-c2nc(-c3ccc4c(c3)oc3cc5c(cc34)oc3ccccc35)nc(-c3ccccc3-c3ccccc3)n2)cc1. The molecule has 206 valence electrons. The lowest BCUT2D eigenvalue weighted by Crippen LogP contribution is -2.01. The average Bonchev–Trinajstić information content (AvgIpc) is 3.64. The molecular formula is C39H23N3O2. The molecule has 0 spiro atoms. The highest BCUT2D eigenvalue weighted by molar-refractivity contribution is 6.15. The van der Waals surface area contributed by atoms with Crippen LogP contribution in [-0.4, -0.2) is 15.0 Å². The zero-order valence-corrected chi connectivity index (χ0v) is 23.4. The molecule has 5 heteroatoms. The van der Waals surface area contributed by atoms with Crippen LogP contribution in [0.4, 0.5) is 0 Å². The fourth-order valence-corrected chi connectivity index (χ4v) is 6.02.